The van der Waals surface area contributed by atoms with E-state index < -0.39 is 5.97 Å². The van der Waals surface area contributed by atoms with Crippen LogP contribution in [0.5, 0.6) is 11.5 Å². The molecular formula is C31H33BrO8. The van der Waals surface area contributed by atoms with Crippen LogP contribution in [0.1, 0.15) is 54.6 Å². The lowest BCUT2D eigenvalue weighted by Gasteiger charge is -2.17. The fraction of sp³-hybridized carbons (Fsp3) is 0.323. The predicted molar refractivity (Wildman–Crippen MR) is 154 cm³/mol. The normalized spacial score (nSPS) is 10.6. The topological polar surface area (TPSA) is 108 Å². The summed E-state index contributed by atoms with van der Waals surface area (Å²) in [7, 11) is 0. The van der Waals surface area contributed by atoms with Gasteiger partial charge >= 0.3 is 17.9 Å². The largest absolute Gasteiger partial charge is 0.493 e. The average Bonchev–Trinajstić information content (AvgIpc) is 2.94. The van der Waals surface area contributed by atoms with Crippen molar-refractivity contribution in [1.29, 1.82) is 0 Å². The Bertz CT molecular complexity index is 1300. The van der Waals surface area contributed by atoms with Gasteiger partial charge in [0, 0.05) is 22.9 Å². The molecule has 212 valence electrons. The summed E-state index contributed by atoms with van der Waals surface area (Å²) < 4.78 is 23.1. The van der Waals surface area contributed by atoms with Crippen LogP contribution in [0.3, 0.4) is 0 Å². The third-order valence-electron chi connectivity index (χ3n) is 5.93. The van der Waals surface area contributed by atoms with Gasteiger partial charge in [-0.05, 0) is 79.8 Å². The lowest BCUT2D eigenvalue weighted by molar-refractivity contribution is -0.144. The lowest BCUT2D eigenvalue weighted by Crippen LogP contribution is -2.11. The first kappa shape index (κ1) is 30.7. The number of carboxylic acids is 1. The second-order valence-corrected chi connectivity index (χ2v) is 9.72. The molecule has 3 aromatic rings. The SMILES string of the molecule is CCOC(=O)CCCOc1cccc(COc2cc(C(=O)O)cc(-c3ccc(Br)cc3)c2)c1CCC(=O)OCC. The Morgan fingerprint density at radius 2 is 1.52 bits per heavy atom. The van der Waals surface area contributed by atoms with Crippen LogP contribution in [0.25, 0.3) is 11.1 Å². The molecule has 0 heterocycles. The maximum atomic E-state index is 12.1. The fourth-order valence-electron chi connectivity index (χ4n) is 4.03. The molecule has 0 amide bonds. The third kappa shape index (κ3) is 9.41. The van der Waals surface area contributed by atoms with Crippen molar-refractivity contribution in [3.05, 3.63) is 81.8 Å². The van der Waals surface area contributed by atoms with Crippen LogP contribution in [0.4, 0.5) is 0 Å². The number of carbonyl (C=O) groups is 3. The van der Waals surface area contributed by atoms with Gasteiger partial charge in [-0.15, -0.1) is 0 Å². The van der Waals surface area contributed by atoms with E-state index in [0.717, 1.165) is 21.2 Å². The second kappa shape index (κ2) is 15.7. The number of ether oxygens (including phenoxy) is 4. The van der Waals surface area contributed by atoms with Crippen molar-refractivity contribution in [2.45, 2.75) is 46.1 Å². The molecule has 40 heavy (non-hydrogen) atoms. The summed E-state index contributed by atoms with van der Waals surface area (Å²) >= 11 is 3.42. The van der Waals surface area contributed by atoms with E-state index in [2.05, 4.69) is 15.9 Å². The minimum atomic E-state index is -1.06. The van der Waals surface area contributed by atoms with Gasteiger partial charge in [-0.2, -0.15) is 0 Å². The zero-order chi connectivity index (χ0) is 28.9. The molecule has 0 aliphatic rings. The molecule has 0 fully saturated rings. The van der Waals surface area contributed by atoms with Crippen molar-refractivity contribution in [3.8, 4) is 22.6 Å². The van der Waals surface area contributed by atoms with Crippen LogP contribution < -0.4 is 9.47 Å². The molecule has 0 atom stereocenters. The van der Waals surface area contributed by atoms with E-state index in [1.165, 1.54) is 6.07 Å². The van der Waals surface area contributed by atoms with Crippen molar-refractivity contribution in [2.75, 3.05) is 19.8 Å². The number of carbonyl (C=O) groups excluding carboxylic acids is 2. The highest BCUT2D eigenvalue weighted by Crippen LogP contribution is 2.30. The summed E-state index contributed by atoms with van der Waals surface area (Å²) in [6.07, 6.45) is 1.25. The van der Waals surface area contributed by atoms with Gasteiger partial charge in [0.1, 0.15) is 18.1 Å². The predicted octanol–water partition coefficient (Wildman–Crippen LogP) is 6.61. The highest BCUT2D eigenvalue weighted by atomic mass is 79.9. The molecule has 0 aliphatic heterocycles. The van der Waals surface area contributed by atoms with Crippen LogP contribution in [0.2, 0.25) is 0 Å². The van der Waals surface area contributed by atoms with E-state index in [4.69, 9.17) is 18.9 Å². The van der Waals surface area contributed by atoms with Crippen LogP contribution in [-0.4, -0.2) is 42.8 Å². The van der Waals surface area contributed by atoms with E-state index in [0.29, 0.717) is 49.7 Å². The summed E-state index contributed by atoms with van der Waals surface area (Å²) in [6, 6.07) is 18.0. The number of hydrogen-bond acceptors (Lipinski definition) is 7. The summed E-state index contributed by atoms with van der Waals surface area (Å²) in [5.41, 5.74) is 3.25. The number of carboxylic acid groups (broad SMARTS) is 1. The van der Waals surface area contributed by atoms with Crippen LogP contribution in [0.15, 0.2) is 65.1 Å². The van der Waals surface area contributed by atoms with E-state index in [-0.39, 0.29) is 37.0 Å². The van der Waals surface area contributed by atoms with Gasteiger partial charge in [0.2, 0.25) is 0 Å². The summed E-state index contributed by atoms with van der Waals surface area (Å²) in [6.45, 7) is 4.57. The number of halogens is 1. The Kier molecular flexibility index (Phi) is 12.0. The highest BCUT2D eigenvalue weighted by Gasteiger charge is 2.15. The van der Waals surface area contributed by atoms with Gasteiger partial charge < -0.3 is 24.1 Å². The van der Waals surface area contributed by atoms with Gasteiger partial charge in [-0.1, -0.05) is 40.2 Å². The number of benzene rings is 3. The molecule has 3 rings (SSSR count). The summed E-state index contributed by atoms with van der Waals surface area (Å²) in [5, 5.41) is 9.67. The van der Waals surface area contributed by atoms with Gasteiger partial charge in [-0.3, -0.25) is 9.59 Å². The average molecular weight is 614 g/mol. The van der Waals surface area contributed by atoms with Crippen molar-refractivity contribution in [1.82, 2.24) is 0 Å². The monoisotopic (exact) mass is 612 g/mol. The van der Waals surface area contributed by atoms with E-state index in [1.807, 2.05) is 42.5 Å². The molecule has 0 aliphatic carbocycles. The molecule has 0 unspecified atom stereocenters. The molecule has 9 heteroatoms. The van der Waals surface area contributed by atoms with Gasteiger partial charge in [0.15, 0.2) is 0 Å². The van der Waals surface area contributed by atoms with Gasteiger partial charge in [0.05, 0.1) is 25.4 Å². The molecule has 8 nitrogen and oxygen atoms in total. The maximum absolute atomic E-state index is 12.1. The smallest absolute Gasteiger partial charge is 0.335 e. The zero-order valence-electron chi connectivity index (χ0n) is 22.6. The number of aromatic carboxylic acids is 1. The number of esters is 2. The van der Waals surface area contributed by atoms with Crippen LogP contribution in [0, 0.1) is 0 Å². The Balaban J connectivity index is 1.82. The Labute approximate surface area is 242 Å². The molecular weight excluding hydrogens is 580 g/mol. The van der Waals surface area contributed by atoms with Crippen molar-refractivity contribution < 1.29 is 38.4 Å². The summed E-state index contributed by atoms with van der Waals surface area (Å²) in [4.78, 5) is 35.6. The number of rotatable bonds is 15. The number of hydrogen-bond donors (Lipinski definition) is 1. The van der Waals surface area contributed by atoms with Crippen LogP contribution in [-0.2, 0) is 32.1 Å². The third-order valence-corrected chi connectivity index (χ3v) is 6.46. The van der Waals surface area contributed by atoms with E-state index >= 15 is 0 Å². The Hall–Kier alpha value is -3.85. The maximum Gasteiger partial charge on any atom is 0.335 e. The first-order chi connectivity index (χ1) is 19.3. The minimum Gasteiger partial charge on any atom is -0.493 e. The molecule has 0 spiro atoms. The molecule has 0 radical (unpaired) electrons. The van der Waals surface area contributed by atoms with E-state index in [1.54, 1.807) is 26.0 Å². The molecule has 0 aromatic heterocycles. The van der Waals surface area contributed by atoms with Crippen molar-refractivity contribution in [2.24, 2.45) is 0 Å². The molecule has 0 saturated heterocycles. The summed E-state index contributed by atoms with van der Waals surface area (Å²) in [5.74, 6) is -0.669. The standard InChI is InChI=1S/C31H33BrO8/c1-3-37-29(33)9-6-16-39-28-8-5-7-22(27(28)14-15-30(34)38-4-2)20-40-26-18-23(17-24(19-26)31(35)36)21-10-12-25(32)13-11-21/h5,7-8,10-13,17-19H,3-4,6,9,14-16,20H2,1-2H3,(H,35,36). The Morgan fingerprint density at radius 1 is 0.825 bits per heavy atom. The Morgan fingerprint density at radius 3 is 2.20 bits per heavy atom. The second-order valence-electron chi connectivity index (χ2n) is 8.80. The first-order valence-electron chi connectivity index (χ1n) is 13.1. The molecule has 1 N–H and O–H groups in total. The van der Waals surface area contributed by atoms with Gasteiger partial charge in [0.25, 0.3) is 0 Å². The molecule has 0 bridgehead atoms. The quantitative estimate of drug-likeness (QED) is 0.151. The van der Waals surface area contributed by atoms with Crippen LogP contribution >= 0.6 is 15.9 Å². The lowest BCUT2D eigenvalue weighted by atomic mass is 10.0. The highest BCUT2D eigenvalue weighted by molar-refractivity contribution is 9.10. The van der Waals surface area contributed by atoms with Crippen molar-refractivity contribution >= 4 is 33.8 Å². The van der Waals surface area contributed by atoms with Gasteiger partial charge in [-0.25, -0.2) is 4.79 Å². The van der Waals surface area contributed by atoms with Crippen molar-refractivity contribution in [3.63, 3.8) is 0 Å². The fourth-order valence-corrected chi connectivity index (χ4v) is 4.30. The first-order valence-corrected chi connectivity index (χ1v) is 13.9. The minimum absolute atomic E-state index is 0.108. The van der Waals surface area contributed by atoms with E-state index in [9.17, 15) is 19.5 Å². The zero-order valence-corrected chi connectivity index (χ0v) is 24.2. The molecule has 3 aromatic carbocycles. The molecule has 0 saturated carbocycles.